The van der Waals surface area contributed by atoms with Gasteiger partial charge in [0.25, 0.3) is 5.56 Å². The predicted molar refractivity (Wildman–Crippen MR) is 101 cm³/mol. The topological polar surface area (TPSA) is 98.6 Å². The van der Waals surface area contributed by atoms with Crippen LogP contribution in [-0.4, -0.2) is 21.6 Å². The molecule has 1 aromatic heterocycles. The van der Waals surface area contributed by atoms with Crippen LogP contribution in [0.3, 0.4) is 0 Å². The third-order valence-corrected chi connectivity index (χ3v) is 4.40. The number of nitrogens with one attached hydrogen (secondary N) is 2. The SMILES string of the molecule is N#Cc1c(-c2ccc(F)cc2)nc(SCC(=O)Nc2ccccc2)[nH]c1=O. The summed E-state index contributed by atoms with van der Waals surface area (Å²) in [4.78, 5) is 31.0. The van der Waals surface area contributed by atoms with Crippen LogP contribution in [0.15, 0.2) is 64.5 Å². The molecule has 0 fully saturated rings. The van der Waals surface area contributed by atoms with Gasteiger partial charge in [0.05, 0.1) is 11.4 Å². The van der Waals surface area contributed by atoms with Gasteiger partial charge in [-0.2, -0.15) is 5.26 Å². The van der Waals surface area contributed by atoms with Crippen LogP contribution in [0.1, 0.15) is 5.56 Å². The minimum atomic E-state index is -0.613. The molecule has 0 spiro atoms. The Labute approximate surface area is 158 Å². The van der Waals surface area contributed by atoms with Crippen LogP contribution in [0.5, 0.6) is 0 Å². The number of carbonyl (C=O) groups is 1. The number of nitrogens with zero attached hydrogens (tertiary/aromatic N) is 2. The zero-order valence-corrected chi connectivity index (χ0v) is 14.7. The van der Waals surface area contributed by atoms with E-state index < -0.39 is 11.4 Å². The highest BCUT2D eigenvalue weighted by Crippen LogP contribution is 2.22. The molecule has 0 atom stereocenters. The average Bonchev–Trinajstić information content (AvgIpc) is 2.67. The van der Waals surface area contributed by atoms with E-state index in [1.165, 1.54) is 24.3 Å². The van der Waals surface area contributed by atoms with Gasteiger partial charge in [-0.15, -0.1) is 0 Å². The van der Waals surface area contributed by atoms with Crippen LogP contribution in [0.2, 0.25) is 0 Å². The Morgan fingerprint density at radius 2 is 1.89 bits per heavy atom. The van der Waals surface area contributed by atoms with Gasteiger partial charge in [0.15, 0.2) is 5.16 Å². The highest BCUT2D eigenvalue weighted by molar-refractivity contribution is 7.99. The van der Waals surface area contributed by atoms with Crippen molar-refractivity contribution in [2.45, 2.75) is 5.16 Å². The van der Waals surface area contributed by atoms with Crippen molar-refractivity contribution < 1.29 is 9.18 Å². The van der Waals surface area contributed by atoms with E-state index in [0.29, 0.717) is 11.3 Å². The molecule has 0 saturated heterocycles. The number of H-pyrrole nitrogens is 1. The van der Waals surface area contributed by atoms with Gasteiger partial charge in [0.1, 0.15) is 17.4 Å². The third-order valence-electron chi connectivity index (χ3n) is 3.52. The number of carbonyl (C=O) groups excluding carboxylic acids is 1. The van der Waals surface area contributed by atoms with Crippen LogP contribution in [0.25, 0.3) is 11.3 Å². The predicted octanol–water partition coefficient (Wildman–Crippen LogP) is 3.18. The van der Waals surface area contributed by atoms with Gasteiger partial charge in [0, 0.05) is 11.3 Å². The summed E-state index contributed by atoms with van der Waals surface area (Å²) in [5.74, 6) is -0.678. The Kier molecular flexibility index (Phi) is 5.64. The van der Waals surface area contributed by atoms with Crippen molar-refractivity contribution in [3.05, 3.63) is 76.3 Å². The van der Waals surface area contributed by atoms with E-state index in [9.17, 15) is 19.2 Å². The molecule has 2 N–H and O–H groups in total. The van der Waals surface area contributed by atoms with Gasteiger partial charge in [-0.1, -0.05) is 30.0 Å². The molecule has 0 bridgehead atoms. The first-order valence-corrected chi connectivity index (χ1v) is 8.83. The lowest BCUT2D eigenvalue weighted by Crippen LogP contribution is -2.17. The molecule has 0 saturated carbocycles. The van der Waals surface area contributed by atoms with E-state index in [2.05, 4.69) is 15.3 Å². The monoisotopic (exact) mass is 380 g/mol. The summed E-state index contributed by atoms with van der Waals surface area (Å²) in [6.07, 6.45) is 0. The molecule has 8 heteroatoms. The molecular weight excluding hydrogens is 367 g/mol. The van der Waals surface area contributed by atoms with Crippen molar-refractivity contribution in [3.8, 4) is 17.3 Å². The van der Waals surface area contributed by atoms with Gasteiger partial charge in [0.2, 0.25) is 5.91 Å². The number of hydrogen-bond donors (Lipinski definition) is 2. The summed E-state index contributed by atoms with van der Waals surface area (Å²) < 4.78 is 13.1. The van der Waals surface area contributed by atoms with Gasteiger partial charge in [-0.05, 0) is 36.4 Å². The van der Waals surface area contributed by atoms with Gasteiger partial charge >= 0.3 is 0 Å². The smallest absolute Gasteiger partial charge is 0.270 e. The van der Waals surface area contributed by atoms with Gasteiger partial charge < -0.3 is 10.3 Å². The third kappa shape index (κ3) is 4.59. The molecule has 0 radical (unpaired) electrons. The molecule has 0 aliphatic rings. The average molecular weight is 380 g/mol. The molecule has 3 aromatic rings. The maximum absolute atomic E-state index is 13.1. The number of halogens is 1. The summed E-state index contributed by atoms with van der Waals surface area (Å²) in [5.41, 5.74) is 0.468. The van der Waals surface area contributed by atoms with E-state index >= 15 is 0 Å². The van der Waals surface area contributed by atoms with Crippen LogP contribution in [0, 0.1) is 17.1 Å². The molecular formula is C19H13FN4O2S. The second-order valence-corrected chi connectivity index (χ2v) is 6.38. The molecule has 27 heavy (non-hydrogen) atoms. The highest BCUT2D eigenvalue weighted by Gasteiger charge is 2.14. The molecule has 0 aliphatic heterocycles. The minimum absolute atomic E-state index is 0.0204. The van der Waals surface area contributed by atoms with Crippen LogP contribution in [0.4, 0.5) is 10.1 Å². The first kappa shape index (κ1) is 18.4. The first-order valence-electron chi connectivity index (χ1n) is 7.85. The summed E-state index contributed by atoms with van der Waals surface area (Å²) >= 11 is 1.03. The van der Waals surface area contributed by atoms with Crippen molar-refractivity contribution in [1.82, 2.24) is 9.97 Å². The highest BCUT2D eigenvalue weighted by atomic mass is 32.2. The van der Waals surface area contributed by atoms with Crippen molar-refractivity contribution in [2.24, 2.45) is 0 Å². The fourth-order valence-electron chi connectivity index (χ4n) is 2.29. The molecule has 1 heterocycles. The fourth-order valence-corrected chi connectivity index (χ4v) is 2.95. The van der Waals surface area contributed by atoms with Crippen molar-refractivity contribution in [2.75, 3.05) is 11.1 Å². The van der Waals surface area contributed by atoms with Crippen molar-refractivity contribution in [1.29, 1.82) is 5.26 Å². The number of nitriles is 1. The first-order chi connectivity index (χ1) is 13.1. The second kappa shape index (κ2) is 8.29. The number of thioether (sulfide) groups is 1. The van der Waals surface area contributed by atoms with Gasteiger partial charge in [-0.25, -0.2) is 9.37 Å². The van der Waals surface area contributed by atoms with Crippen molar-refractivity contribution in [3.63, 3.8) is 0 Å². The lowest BCUT2D eigenvalue weighted by molar-refractivity contribution is -0.113. The van der Waals surface area contributed by atoms with E-state index in [-0.39, 0.29) is 28.1 Å². The van der Waals surface area contributed by atoms with Crippen LogP contribution < -0.4 is 10.9 Å². The van der Waals surface area contributed by atoms with Gasteiger partial charge in [-0.3, -0.25) is 9.59 Å². The molecule has 6 nitrogen and oxygen atoms in total. The maximum Gasteiger partial charge on any atom is 0.270 e. The number of amides is 1. The molecule has 134 valence electrons. The van der Waals surface area contributed by atoms with E-state index in [1.807, 2.05) is 12.1 Å². The lowest BCUT2D eigenvalue weighted by atomic mass is 10.1. The maximum atomic E-state index is 13.1. The van der Waals surface area contributed by atoms with E-state index in [0.717, 1.165) is 11.8 Å². The van der Waals surface area contributed by atoms with E-state index in [1.54, 1.807) is 24.3 Å². The Morgan fingerprint density at radius 1 is 1.19 bits per heavy atom. The number of benzene rings is 2. The quantitative estimate of drug-likeness (QED) is 0.523. The summed E-state index contributed by atoms with van der Waals surface area (Å²) in [7, 11) is 0. The second-order valence-electron chi connectivity index (χ2n) is 5.42. The number of rotatable bonds is 5. The number of aromatic amines is 1. The lowest BCUT2D eigenvalue weighted by Gasteiger charge is -2.07. The zero-order valence-electron chi connectivity index (χ0n) is 13.9. The number of para-hydroxylation sites is 1. The summed E-state index contributed by atoms with van der Waals surface area (Å²) in [6, 6.07) is 16.1. The van der Waals surface area contributed by atoms with Crippen LogP contribution in [-0.2, 0) is 4.79 Å². The number of aromatic nitrogens is 2. The Hall–Kier alpha value is -3.44. The Morgan fingerprint density at radius 3 is 2.56 bits per heavy atom. The zero-order chi connectivity index (χ0) is 19.2. The number of hydrogen-bond acceptors (Lipinski definition) is 5. The molecule has 1 amide bonds. The summed E-state index contributed by atoms with van der Waals surface area (Å²) in [6.45, 7) is 0. The van der Waals surface area contributed by atoms with E-state index in [4.69, 9.17) is 0 Å². The Bertz CT molecular complexity index is 1060. The van der Waals surface area contributed by atoms with Crippen molar-refractivity contribution >= 4 is 23.4 Å². The largest absolute Gasteiger partial charge is 0.325 e. The normalized spacial score (nSPS) is 10.2. The molecule has 3 rings (SSSR count). The number of anilines is 1. The minimum Gasteiger partial charge on any atom is -0.325 e. The molecule has 2 aromatic carbocycles. The van der Waals surface area contributed by atoms with Crippen LogP contribution >= 0.6 is 11.8 Å². The molecule has 0 unspecified atom stereocenters. The summed E-state index contributed by atoms with van der Waals surface area (Å²) in [5, 5.41) is 12.2. The standard InChI is InChI=1S/C19H13FN4O2S/c20-13-8-6-12(7-9-13)17-15(10-21)18(26)24-19(23-17)27-11-16(25)22-14-4-2-1-3-5-14/h1-9H,11H2,(H,22,25)(H,23,24,26). The fraction of sp³-hybridized carbons (Fsp3) is 0.0526. The Balaban J connectivity index is 1.80. The molecule has 0 aliphatic carbocycles.